The molecule has 2 rings (SSSR count). The molecule has 2 aromatic carbocycles. The van der Waals surface area contributed by atoms with E-state index >= 15 is 0 Å². The molecular weight excluding hydrogens is 498 g/mol. The molecule has 0 aromatic heterocycles. The van der Waals surface area contributed by atoms with Crippen LogP contribution in [0.3, 0.4) is 0 Å². The quantitative estimate of drug-likeness (QED) is 0.404. The lowest BCUT2D eigenvalue weighted by molar-refractivity contribution is -0.278. The average molecular weight is 504 g/mol. The van der Waals surface area contributed by atoms with Crippen LogP contribution in [-0.2, 0) is 0 Å². The summed E-state index contributed by atoms with van der Waals surface area (Å²) >= 11 is 0. The molecule has 0 bridgehead atoms. The minimum Gasteiger partial charge on any atom is -0.406 e. The summed E-state index contributed by atoms with van der Waals surface area (Å²) < 4.78 is 163. The van der Waals surface area contributed by atoms with Crippen molar-refractivity contribution in [2.24, 2.45) is 0 Å². The van der Waals surface area contributed by atoms with E-state index in [1.165, 1.54) is 0 Å². The number of rotatable bonds is 6. The Morgan fingerprint density at radius 2 is 0.606 bits per heavy atom. The van der Waals surface area contributed by atoms with Gasteiger partial charge in [-0.1, -0.05) is 0 Å². The van der Waals surface area contributed by atoms with Gasteiger partial charge in [-0.15, -0.1) is 52.7 Å². The first kappa shape index (κ1) is 25.9. The summed E-state index contributed by atoms with van der Waals surface area (Å²) in [4.78, 5) is 0. The first-order valence-electron chi connectivity index (χ1n) is 7.81. The number of hydrogen-bond acceptors (Lipinski definition) is 4. The Balaban J connectivity index is 2.47. The molecule has 5 nitrogen and oxygen atoms in total. The molecule has 17 heteroatoms. The van der Waals surface area contributed by atoms with Crippen molar-refractivity contribution in [2.75, 3.05) is 0 Å². The molecule has 0 aliphatic carbocycles. The van der Waals surface area contributed by atoms with Crippen molar-refractivity contribution in [3.05, 3.63) is 36.4 Å². The lowest BCUT2D eigenvalue weighted by Crippen LogP contribution is -2.19. The van der Waals surface area contributed by atoms with Crippen molar-refractivity contribution >= 4 is 11.4 Å². The van der Waals surface area contributed by atoms with Crippen molar-refractivity contribution in [1.29, 1.82) is 0 Å². The van der Waals surface area contributed by atoms with Crippen molar-refractivity contribution in [3.8, 4) is 23.0 Å². The highest BCUT2D eigenvalue weighted by Gasteiger charge is 2.35. The van der Waals surface area contributed by atoms with Gasteiger partial charge in [0.1, 0.15) is 23.0 Å². The van der Waals surface area contributed by atoms with Crippen LogP contribution >= 0.6 is 0 Å². The average Bonchev–Trinajstić information content (AvgIpc) is 2.46. The van der Waals surface area contributed by atoms with Crippen LogP contribution in [0.25, 0.3) is 0 Å². The zero-order valence-electron chi connectivity index (χ0n) is 15.1. The number of ether oxygens (including phenoxy) is 4. The summed E-state index contributed by atoms with van der Waals surface area (Å²) in [5, 5.41) is 3.41. The highest BCUT2D eigenvalue weighted by atomic mass is 19.4. The van der Waals surface area contributed by atoms with Gasteiger partial charge >= 0.3 is 25.4 Å². The number of benzene rings is 2. The summed E-state index contributed by atoms with van der Waals surface area (Å²) in [6.07, 6.45) is -21.5. The highest BCUT2D eigenvalue weighted by molar-refractivity contribution is 5.58. The fourth-order valence-corrected chi connectivity index (χ4v) is 2.16. The van der Waals surface area contributed by atoms with Gasteiger partial charge in [-0.2, -0.15) is 0 Å². The zero-order valence-corrected chi connectivity index (χ0v) is 15.1. The molecule has 0 unspecified atom stereocenters. The maximum Gasteiger partial charge on any atom is 0.573 e. The second-order valence-corrected chi connectivity index (χ2v) is 5.63. The van der Waals surface area contributed by atoms with Gasteiger partial charge in [-0.25, -0.2) is 5.32 Å². The molecule has 0 amide bonds. The smallest absolute Gasteiger partial charge is 0.406 e. The molecule has 0 saturated heterocycles. The maximum absolute atomic E-state index is 12.4. The van der Waals surface area contributed by atoms with Gasteiger partial charge < -0.3 is 18.9 Å². The van der Waals surface area contributed by atoms with Crippen LogP contribution in [0, 0.1) is 0 Å². The highest BCUT2D eigenvalue weighted by Crippen LogP contribution is 2.37. The predicted molar refractivity (Wildman–Crippen MR) is 81.1 cm³/mol. The molecule has 33 heavy (non-hydrogen) atoms. The van der Waals surface area contributed by atoms with Gasteiger partial charge in [0.2, 0.25) is 0 Å². The van der Waals surface area contributed by atoms with Gasteiger partial charge in [-0.05, 0) is 0 Å². The minimum atomic E-state index is -5.37. The summed E-state index contributed by atoms with van der Waals surface area (Å²) in [5.74, 6) is -5.12. The van der Waals surface area contributed by atoms with Crippen molar-refractivity contribution < 1.29 is 71.6 Å². The minimum absolute atomic E-state index is 0.168. The molecule has 0 spiro atoms. The largest absolute Gasteiger partial charge is 0.573 e. The third kappa shape index (κ3) is 10.2. The Labute approximate surface area is 174 Å². The van der Waals surface area contributed by atoms with E-state index < -0.39 is 59.8 Å². The number of alkyl halides is 12. The van der Waals surface area contributed by atoms with Crippen LogP contribution < -0.4 is 24.3 Å². The van der Waals surface area contributed by atoms with Gasteiger partial charge in [0, 0.05) is 36.4 Å². The second-order valence-electron chi connectivity index (χ2n) is 5.63. The number of nitrogens with zero attached hydrogens (tertiary/aromatic N) is 1. The molecule has 0 N–H and O–H groups in total. The van der Waals surface area contributed by atoms with E-state index in [1.54, 1.807) is 0 Å². The standard InChI is InChI=1S/C16H6F12NO4/c17-13(18,19)30-9-1-7(2-10(5-9)31-14(20,21)22)29-8-3-11(32-15(23,24)25)6-12(4-8)33-16(26,27)28/h1-6H. The summed E-state index contributed by atoms with van der Waals surface area (Å²) in [6, 6.07) is 1.88. The molecule has 0 aliphatic heterocycles. The van der Waals surface area contributed by atoms with Crippen LogP contribution in [-0.4, -0.2) is 25.4 Å². The second kappa shape index (κ2) is 8.86. The van der Waals surface area contributed by atoms with Crippen LogP contribution in [0.15, 0.2) is 36.4 Å². The van der Waals surface area contributed by atoms with Gasteiger partial charge in [0.15, 0.2) is 0 Å². The number of hydrogen-bond donors (Lipinski definition) is 0. The van der Waals surface area contributed by atoms with Crippen molar-refractivity contribution in [2.45, 2.75) is 25.4 Å². The molecule has 183 valence electrons. The SMILES string of the molecule is FC(F)(F)Oc1cc([N]c2cc(OC(F)(F)F)cc(OC(F)(F)F)c2)cc(OC(F)(F)F)c1. The third-order valence-electron chi connectivity index (χ3n) is 2.92. The van der Waals surface area contributed by atoms with E-state index in [0.29, 0.717) is 24.3 Å². The lowest BCUT2D eigenvalue weighted by atomic mass is 10.2. The normalized spacial score (nSPS) is 12.8. The molecule has 2 aromatic rings. The van der Waals surface area contributed by atoms with Crippen LogP contribution in [0.1, 0.15) is 0 Å². The Morgan fingerprint density at radius 3 is 0.788 bits per heavy atom. The van der Waals surface area contributed by atoms with E-state index in [0.717, 1.165) is 0 Å². The first-order chi connectivity index (χ1) is 14.8. The molecule has 0 aliphatic rings. The van der Waals surface area contributed by atoms with E-state index in [-0.39, 0.29) is 12.1 Å². The Bertz CT molecular complexity index is 820. The molecule has 0 saturated carbocycles. The monoisotopic (exact) mass is 504 g/mol. The van der Waals surface area contributed by atoms with E-state index in [4.69, 9.17) is 0 Å². The molecule has 1 radical (unpaired) electrons. The van der Waals surface area contributed by atoms with E-state index in [9.17, 15) is 52.7 Å². The number of halogens is 12. The summed E-state index contributed by atoms with van der Waals surface area (Å²) in [7, 11) is 0. The maximum atomic E-state index is 12.4. The van der Waals surface area contributed by atoms with E-state index in [2.05, 4.69) is 24.3 Å². The van der Waals surface area contributed by atoms with Gasteiger partial charge in [0.25, 0.3) is 0 Å². The zero-order chi connectivity index (χ0) is 25.2. The molecular formula is C16H6F12NO4. The van der Waals surface area contributed by atoms with Crippen LogP contribution in [0.5, 0.6) is 23.0 Å². The fraction of sp³-hybridized carbons (Fsp3) is 0.250. The topological polar surface area (TPSA) is 51.0 Å². The predicted octanol–water partition coefficient (Wildman–Crippen LogP) is 6.85. The lowest BCUT2D eigenvalue weighted by Gasteiger charge is -2.16. The third-order valence-corrected chi connectivity index (χ3v) is 2.92. The Hall–Kier alpha value is -3.40. The molecule has 0 heterocycles. The molecule has 0 atom stereocenters. The first-order valence-corrected chi connectivity index (χ1v) is 7.81. The van der Waals surface area contributed by atoms with Crippen molar-refractivity contribution in [3.63, 3.8) is 0 Å². The summed E-state index contributed by atoms with van der Waals surface area (Å²) in [6.45, 7) is 0. The van der Waals surface area contributed by atoms with Crippen molar-refractivity contribution in [1.82, 2.24) is 5.32 Å². The Morgan fingerprint density at radius 1 is 0.394 bits per heavy atom. The van der Waals surface area contributed by atoms with E-state index in [1.807, 2.05) is 0 Å². The van der Waals surface area contributed by atoms with Crippen LogP contribution in [0.2, 0.25) is 0 Å². The summed E-state index contributed by atoms with van der Waals surface area (Å²) in [5.41, 5.74) is -1.67. The Kier molecular flexibility index (Phi) is 6.94. The van der Waals surface area contributed by atoms with Gasteiger partial charge in [0.05, 0.1) is 11.4 Å². The fourth-order valence-electron chi connectivity index (χ4n) is 2.16. The van der Waals surface area contributed by atoms with Gasteiger partial charge in [-0.3, -0.25) is 0 Å². The van der Waals surface area contributed by atoms with Crippen LogP contribution in [0.4, 0.5) is 64.1 Å². The molecule has 0 fully saturated rings.